The number of nitrogens with zero attached hydrogens (tertiary/aromatic N) is 7. The number of imidazole rings is 1. The van der Waals surface area contributed by atoms with Crippen molar-refractivity contribution in [2.45, 2.75) is 13.5 Å². The van der Waals surface area contributed by atoms with Crippen LogP contribution in [0.5, 0.6) is 0 Å². The lowest BCUT2D eigenvalue weighted by Gasteiger charge is -2.35. The average Bonchev–Trinajstić information content (AvgIpc) is 3.34. The zero-order chi connectivity index (χ0) is 18.8. The van der Waals surface area contributed by atoms with Crippen LogP contribution in [0.2, 0.25) is 0 Å². The third kappa shape index (κ3) is 3.65. The van der Waals surface area contributed by atoms with Gasteiger partial charge in [-0.05, 0) is 6.92 Å². The lowest BCUT2D eigenvalue weighted by molar-refractivity contribution is -0.120. The summed E-state index contributed by atoms with van der Waals surface area (Å²) in [4.78, 5) is 26.6. The van der Waals surface area contributed by atoms with Crippen LogP contribution in [0.1, 0.15) is 12.6 Å². The van der Waals surface area contributed by atoms with Gasteiger partial charge in [0.25, 0.3) is 0 Å². The molecule has 0 unspecified atom stereocenters. The number of nitrogens with one attached hydrogen (secondary N) is 1. The van der Waals surface area contributed by atoms with E-state index in [0.29, 0.717) is 26.2 Å². The molecule has 1 N–H and O–H groups in total. The Kier molecular flexibility index (Phi) is 4.80. The Morgan fingerprint density at radius 1 is 1.37 bits per heavy atom. The lowest BCUT2D eigenvalue weighted by Crippen LogP contribution is -2.55. The van der Waals surface area contributed by atoms with Gasteiger partial charge in [-0.1, -0.05) is 0 Å². The predicted octanol–water partition coefficient (Wildman–Crippen LogP) is 0.944. The second kappa shape index (κ2) is 7.39. The van der Waals surface area contributed by atoms with Crippen LogP contribution < -0.4 is 10.2 Å². The average molecular weight is 386 g/mol. The molecule has 1 amide bonds. The van der Waals surface area contributed by atoms with E-state index in [1.165, 1.54) is 0 Å². The van der Waals surface area contributed by atoms with Gasteiger partial charge in [-0.3, -0.25) is 13.9 Å². The number of amides is 1. The van der Waals surface area contributed by atoms with Crippen molar-refractivity contribution >= 4 is 33.9 Å². The summed E-state index contributed by atoms with van der Waals surface area (Å²) in [6.45, 7) is 4.86. The van der Waals surface area contributed by atoms with Gasteiger partial charge in [-0.2, -0.15) is 5.10 Å². The fraction of sp³-hybridized carbons (Fsp3) is 0.412. The van der Waals surface area contributed by atoms with E-state index in [2.05, 4.69) is 15.4 Å². The Balaban J connectivity index is 1.45. The van der Waals surface area contributed by atoms with Crippen LogP contribution in [0.15, 0.2) is 35.2 Å². The number of fused-ring (bicyclic) bond motifs is 1. The van der Waals surface area contributed by atoms with E-state index < -0.39 is 0 Å². The number of anilines is 1. The monoisotopic (exact) mass is 386 g/mol. The number of aryl methyl sites for hydroxylation is 1. The fourth-order valence-electron chi connectivity index (χ4n) is 3.11. The van der Waals surface area contributed by atoms with Gasteiger partial charge in [0.2, 0.25) is 5.91 Å². The number of hydrogen-bond donors (Lipinski definition) is 1. The smallest absolute Gasteiger partial charge is 0.246 e. The first kappa shape index (κ1) is 17.5. The number of piperazine rings is 1. The first-order valence-corrected chi connectivity index (χ1v) is 9.75. The molecule has 10 heteroatoms. The zero-order valence-electron chi connectivity index (χ0n) is 15.4. The highest BCUT2D eigenvalue weighted by molar-refractivity contribution is 7.15. The van der Waals surface area contributed by atoms with Gasteiger partial charge in [0, 0.05) is 50.7 Å². The van der Waals surface area contributed by atoms with Crippen LogP contribution in [-0.4, -0.2) is 62.1 Å². The topological polar surface area (TPSA) is 83.1 Å². The van der Waals surface area contributed by atoms with Crippen molar-refractivity contribution in [3.63, 3.8) is 0 Å². The minimum Gasteiger partial charge on any atom is -0.356 e. The predicted molar refractivity (Wildman–Crippen MR) is 105 cm³/mol. The molecule has 142 valence electrons. The number of hydrogen-bond acceptors (Lipinski definition) is 5. The lowest BCUT2D eigenvalue weighted by atomic mass is 10.3. The summed E-state index contributed by atoms with van der Waals surface area (Å²) in [6.07, 6.45) is 7.56. The van der Waals surface area contributed by atoms with E-state index in [-0.39, 0.29) is 5.91 Å². The largest absolute Gasteiger partial charge is 0.356 e. The Bertz CT molecular complexity index is 942. The number of guanidine groups is 1. The van der Waals surface area contributed by atoms with E-state index in [9.17, 15) is 4.79 Å². The molecule has 0 aliphatic carbocycles. The summed E-state index contributed by atoms with van der Waals surface area (Å²) in [5.41, 5.74) is 1.75. The van der Waals surface area contributed by atoms with E-state index in [1.54, 1.807) is 27.1 Å². The van der Waals surface area contributed by atoms with E-state index in [4.69, 9.17) is 4.99 Å². The van der Waals surface area contributed by atoms with Crippen molar-refractivity contribution in [2.24, 2.45) is 12.0 Å². The number of aliphatic imine (C=N–C) groups is 1. The van der Waals surface area contributed by atoms with Crippen molar-refractivity contribution in [2.75, 3.05) is 31.1 Å². The Morgan fingerprint density at radius 2 is 2.26 bits per heavy atom. The number of thiazole rings is 1. The molecule has 0 aromatic carbocycles. The first-order valence-electron chi connectivity index (χ1n) is 8.87. The molecule has 4 rings (SSSR count). The fourth-order valence-corrected chi connectivity index (χ4v) is 3.83. The second-order valence-electron chi connectivity index (χ2n) is 6.33. The molecule has 0 radical (unpaired) electrons. The Hall–Kier alpha value is -2.88. The molecule has 1 fully saturated rings. The third-order valence-corrected chi connectivity index (χ3v) is 5.16. The molecule has 3 aromatic heterocycles. The second-order valence-corrected chi connectivity index (χ2v) is 7.21. The van der Waals surface area contributed by atoms with Crippen LogP contribution in [0, 0.1) is 0 Å². The summed E-state index contributed by atoms with van der Waals surface area (Å²) in [5, 5.41) is 9.44. The molecule has 1 aliphatic rings. The Morgan fingerprint density at radius 3 is 2.96 bits per heavy atom. The van der Waals surface area contributed by atoms with Crippen LogP contribution in [0.3, 0.4) is 0 Å². The number of carbonyl (C=O) groups is 1. The first-order chi connectivity index (χ1) is 13.1. The zero-order valence-corrected chi connectivity index (χ0v) is 16.2. The van der Waals surface area contributed by atoms with Gasteiger partial charge in [-0.25, -0.2) is 9.98 Å². The molecule has 0 atom stereocenters. The van der Waals surface area contributed by atoms with E-state index in [0.717, 1.165) is 28.8 Å². The van der Waals surface area contributed by atoms with Gasteiger partial charge in [0.15, 0.2) is 10.9 Å². The van der Waals surface area contributed by atoms with Gasteiger partial charge in [0.05, 0.1) is 24.1 Å². The minimum absolute atomic E-state index is 0.0439. The Labute approximate surface area is 160 Å². The normalized spacial score (nSPS) is 15.8. The molecular weight excluding hydrogens is 364 g/mol. The van der Waals surface area contributed by atoms with Gasteiger partial charge in [0.1, 0.15) is 6.54 Å². The highest BCUT2D eigenvalue weighted by atomic mass is 32.1. The van der Waals surface area contributed by atoms with Crippen LogP contribution in [-0.2, 0) is 18.4 Å². The molecular formula is C17H22N8OS. The summed E-state index contributed by atoms with van der Waals surface area (Å²) in [7, 11) is 1.85. The summed E-state index contributed by atoms with van der Waals surface area (Å²) < 4.78 is 3.70. The summed E-state index contributed by atoms with van der Waals surface area (Å²) >= 11 is 1.60. The van der Waals surface area contributed by atoms with Crippen LogP contribution in [0.4, 0.5) is 5.69 Å². The van der Waals surface area contributed by atoms with Gasteiger partial charge < -0.3 is 15.1 Å². The number of rotatable bonds is 4. The maximum Gasteiger partial charge on any atom is 0.246 e. The minimum atomic E-state index is 0.0439. The van der Waals surface area contributed by atoms with Crippen molar-refractivity contribution in [3.05, 3.63) is 35.9 Å². The van der Waals surface area contributed by atoms with E-state index >= 15 is 0 Å². The molecule has 9 nitrogen and oxygen atoms in total. The number of carbonyl (C=O) groups excluding carboxylic acids is 1. The summed E-state index contributed by atoms with van der Waals surface area (Å²) in [6, 6.07) is 0. The van der Waals surface area contributed by atoms with Crippen molar-refractivity contribution in [3.8, 4) is 0 Å². The number of aromatic nitrogens is 4. The highest BCUT2D eigenvalue weighted by Crippen LogP contribution is 2.16. The maximum absolute atomic E-state index is 12.6. The summed E-state index contributed by atoms with van der Waals surface area (Å²) in [5.74, 6) is 0.787. The SMILES string of the molecule is CCNC(=NCc1cn2ccsc2n1)N1CCN(c2cnn(C)c2)C(=O)C1. The van der Waals surface area contributed by atoms with Crippen LogP contribution >= 0.6 is 11.3 Å². The van der Waals surface area contributed by atoms with Gasteiger partial charge >= 0.3 is 0 Å². The van der Waals surface area contributed by atoms with Crippen molar-refractivity contribution < 1.29 is 4.79 Å². The molecule has 1 aliphatic heterocycles. The van der Waals surface area contributed by atoms with Gasteiger partial charge in [-0.15, -0.1) is 11.3 Å². The molecule has 0 saturated carbocycles. The molecule has 0 bridgehead atoms. The maximum atomic E-state index is 12.6. The molecule has 0 spiro atoms. The molecule has 1 saturated heterocycles. The highest BCUT2D eigenvalue weighted by Gasteiger charge is 2.27. The van der Waals surface area contributed by atoms with Crippen molar-refractivity contribution in [1.29, 1.82) is 0 Å². The molecule has 3 aromatic rings. The third-order valence-electron chi connectivity index (χ3n) is 4.39. The standard InChI is InChI=1S/C17H22N8OS/c1-3-18-16(19-8-13-10-24-6-7-27-17(24)21-13)23-4-5-25(15(26)12-23)14-9-20-22(2)11-14/h6-7,9-11H,3-5,8,12H2,1-2H3,(H,18,19). The van der Waals surface area contributed by atoms with Crippen LogP contribution in [0.25, 0.3) is 4.96 Å². The molecule has 4 heterocycles. The molecule has 27 heavy (non-hydrogen) atoms. The van der Waals surface area contributed by atoms with Crippen molar-refractivity contribution in [1.82, 2.24) is 29.4 Å². The van der Waals surface area contributed by atoms with E-state index in [1.807, 2.05) is 47.2 Å². The quantitative estimate of drug-likeness (QED) is 0.533.